The second-order valence-electron chi connectivity index (χ2n) is 5.40. The summed E-state index contributed by atoms with van der Waals surface area (Å²) in [7, 11) is 0. The molecule has 5 nitrogen and oxygen atoms in total. The summed E-state index contributed by atoms with van der Waals surface area (Å²) in [6.45, 7) is 2.56. The van der Waals surface area contributed by atoms with Crippen LogP contribution in [0.1, 0.15) is 19.8 Å². The van der Waals surface area contributed by atoms with Crippen molar-refractivity contribution in [1.29, 1.82) is 0 Å². The molecule has 0 spiro atoms. The molecule has 1 fully saturated rings. The maximum absolute atomic E-state index is 12.9. The van der Waals surface area contributed by atoms with Crippen LogP contribution in [0.3, 0.4) is 0 Å². The standard InChI is InChI=1S/C16H21FN2O3S/c1-11(20)19-15(10-23-14-6-4-12(17)5-7-14)16(21)18-9-13-3-2-8-22-13/h4-7,13,15H,2-3,8-10H2,1H3,(H,18,21)(H,19,20). The van der Waals surface area contributed by atoms with Crippen LogP contribution in [0.4, 0.5) is 4.39 Å². The number of hydrogen-bond acceptors (Lipinski definition) is 4. The van der Waals surface area contributed by atoms with Crippen LogP contribution < -0.4 is 10.6 Å². The van der Waals surface area contributed by atoms with E-state index in [1.807, 2.05) is 0 Å². The molecule has 2 rings (SSSR count). The van der Waals surface area contributed by atoms with Crippen LogP contribution in [0.15, 0.2) is 29.2 Å². The van der Waals surface area contributed by atoms with Crippen molar-refractivity contribution in [3.8, 4) is 0 Å². The van der Waals surface area contributed by atoms with Gasteiger partial charge in [-0.1, -0.05) is 0 Å². The third-order valence-corrected chi connectivity index (χ3v) is 4.56. The Morgan fingerprint density at radius 1 is 1.39 bits per heavy atom. The van der Waals surface area contributed by atoms with Crippen molar-refractivity contribution < 1.29 is 18.7 Å². The molecule has 1 aliphatic rings. The Bertz CT molecular complexity index is 533. The fourth-order valence-electron chi connectivity index (χ4n) is 2.28. The van der Waals surface area contributed by atoms with Gasteiger partial charge < -0.3 is 15.4 Å². The maximum atomic E-state index is 12.9. The molecule has 0 radical (unpaired) electrons. The third-order valence-electron chi connectivity index (χ3n) is 3.45. The molecule has 1 aliphatic heterocycles. The van der Waals surface area contributed by atoms with E-state index in [1.165, 1.54) is 30.8 Å². The quantitative estimate of drug-likeness (QED) is 0.742. The lowest BCUT2D eigenvalue weighted by molar-refractivity contribution is -0.127. The van der Waals surface area contributed by atoms with E-state index in [0.29, 0.717) is 12.3 Å². The summed E-state index contributed by atoms with van der Waals surface area (Å²) in [5.74, 6) is -0.419. The highest BCUT2D eigenvalue weighted by atomic mass is 32.2. The topological polar surface area (TPSA) is 67.4 Å². The molecule has 0 aromatic heterocycles. The summed E-state index contributed by atoms with van der Waals surface area (Å²) in [5.41, 5.74) is 0. The number of ether oxygens (including phenoxy) is 1. The lowest BCUT2D eigenvalue weighted by Crippen LogP contribution is -2.49. The first-order valence-corrected chi connectivity index (χ1v) is 8.58. The van der Waals surface area contributed by atoms with Gasteiger partial charge in [-0.2, -0.15) is 0 Å². The van der Waals surface area contributed by atoms with Crippen molar-refractivity contribution in [3.05, 3.63) is 30.1 Å². The van der Waals surface area contributed by atoms with E-state index in [-0.39, 0.29) is 23.7 Å². The van der Waals surface area contributed by atoms with E-state index in [1.54, 1.807) is 12.1 Å². The number of thioether (sulfide) groups is 1. The van der Waals surface area contributed by atoms with Crippen LogP contribution in [0.2, 0.25) is 0 Å². The predicted octanol–water partition coefficient (Wildman–Crippen LogP) is 1.72. The first-order valence-electron chi connectivity index (χ1n) is 7.59. The van der Waals surface area contributed by atoms with Crippen LogP contribution in [-0.4, -0.2) is 42.9 Å². The average molecular weight is 340 g/mol. The second-order valence-corrected chi connectivity index (χ2v) is 6.49. The van der Waals surface area contributed by atoms with E-state index in [0.717, 1.165) is 24.3 Å². The molecule has 0 aliphatic carbocycles. The van der Waals surface area contributed by atoms with Crippen molar-refractivity contribution in [3.63, 3.8) is 0 Å². The highest BCUT2D eigenvalue weighted by Gasteiger charge is 2.22. The van der Waals surface area contributed by atoms with Crippen molar-refractivity contribution in [2.45, 2.75) is 36.8 Å². The molecule has 0 saturated carbocycles. The van der Waals surface area contributed by atoms with Crippen molar-refractivity contribution in [2.75, 3.05) is 18.9 Å². The number of carbonyl (C=O) groups is 2. The Kier molecular flexibility index (Phi) is 6.85. The second kappa shape index (κ2) is 8.88. The normalized spacial score (nSPS) is 18.4. The lowest BCUT2D eigenvalue weighted by atomic mass is 10.2. The molecule has 2 N–H and O–H groups in total. The van der Waals surface area contributed by atoms with Crippen molar-refractivity contribution in [1.82, 2.24) is 10.6 Å². The van der Waals surface area contributed by atoms with Gasteiger partial charge in [-0.3, -0.25) is 9.59 Å². The van der Waals surface area contributed by atoms with Crippen LogP contribution in [-0.2, 0) is 14.3 Å². The van der Waals surface area contributed by atoms with E-state index in [9.17, 15) is 14.0 Å². The fourth-order valence-corrected chi connectivity index (χ4v) is 3.20. The molecular weight excluding hydrogens is 319 g/mol. The number of nitrogens with one attached hydrogen (secondary N) is 2. The molecule has 7 heteroatoms. The van der Waals surface area contributed by atoms with Crippen molar-refractivity contribution in [2.24, 2.45) is 0 Å². The molecule has 1 saturated heterocycles. The molecule has 2 unspecified atom stereocenters. The third kappa shape index (κ3) is 6.19. The minimum absolute atomic E-state index is 0.0571. The highest BCUT2D eigenvalue weighted by Crippen LogP contribution is 2.19. The summed E-state index contributed by atoms with van der Waals surface area (Å²) >= 11 is 1.39. The van der Waals surface area contributed by atoms with Gasteiger partial charge in [0.15, 0.2) is 0 Å². The van der Waals surface area contributed by atoms with Gasteiger partial charge in [-0.25, -0.2) is 4.39 Å². The van der Waals surface area contributed by atoms with Crippen LogP contribution in [0.5, 0.6) is 0 Å². The number of amides is 2. The highest BCUT2D eigenvalue weighted by molar-refractivity contribution is 7.99. The lowest BCUT2D eigenvalue weighted by Gasteiger charge is -2.18. The molecule has 1 heterocycles. The summed E-state index contributed by atoms with van der Waals surface area (Å²) in [6, 6.07) is 5.40. The van der Waals surface area contributed by atoms with Crippen LogP contribution in [0.25, 0.3) is 0 Å². The molecule has 0 bridgehead atoms. The molecule has 23 heavy (non-hydrogen) atoms. The van der Waals surface area contributed by atoms with Gasteiger partial charge in [0.05, 0.1) is 6.10 Å². The molecule has 1 aromatic rings. The van der Waals surface area contributed by atoms with Crippen LogP contribution >= 0.6 is 11.8 Å². The average Bonchev–Trinajstić information content (AvgIpc) is 3.03. The van der Waals surface area contributed by atoms with E-state index in [4.69, 9.17) is 4.74 Å². The number of carbonyl (C=O) groups excluding carboxylic acids is 2. The zero-order valence-corrected chi connectivity index (χ0v) is 13.8. The minimum atomic E-state index is -0.635. The van der Waals surface area contributed by atoms with Crippen molar-refractivity contribution >= 4 is 23.6 Å². The SMILES string of the molecule is CC(=O)NC(CSc1ccc(F)cc1)C(=O)NCC1CCCO1. The van der Waals surface area contributed by atoms with E-state index < -0.39 is 6.04 Å². The van der Waals surface area contributed by atoms with Gasteiger partial charge in [0.1, 0.15) is 11.9 Å². The zero-order valence-electron chi connectivity index (χ0n) is 13.0. The number of benzene rings is 1. The molecule has 126 valence electrons. The Balaban J connectivity index is 1.85. The predicted molar refractivity (Wildman–Crippen MR) is 86.7 cm³/mol. The Labute approximate surface area is 139 Å². The Hall–Kier alpha value is -1.60. The summed E-state index contributed by atoms with van der Waals surface area (Å²) < 4.78 is 18.4. The largest absolute Gasteiger partial charge is 0.376 e. The molecule has 2 amide bonds. The molecule has 1 aromatic carbocycles. The first kappa shape index (κ1) is 17.7. The van der Waals surface area contributed by atoms with E-state index in [2.05, 4.69) is 10.6 Å². The Morgan fingerprint density at radius 3 is 2.74 bits per heavy atom. The van der Waals surface area contributed by atoms with Gasteiger partial charge >= 0.3 is 0 Å². The molecule has 2 atom stereocenters. The van der Waals surface area contributed by atoms with Gasteiger partial charge in [-0.05, 0) is 37.1 Å². The number of hydrogen-bond donors (Lipinski definition) is 2. The summed E-state index contributed by atoms with van der Waals surface area (Å²) in [5, 5.41) is 5.47. The van der Waals surface area contributed by atoms with Gasteiger partial charge in [0.2, 0.25) is 11.8 Å². The Morgan fingerprint density at radius 2 is 2.13 bits per heavy atom. The summed E-state index contributed by atoms with van der Waals surface area (Å²) in [4.78, 5) is 24.4. The zero-order chi connectivity index (χ0) is 16.7. The minimum Gasteiger partial charge on any atom is -0.376 e. The monoisotopic (exact) mass is 340 g/mol. The summed E-state index contributed by atoms with van der Waals surface area (Å²) in [6.07, 6.45) is 2.01. The van der Waals surface area contributed by atoms with Gasteiger partial charge in [-0.15, -0.1) is 11.8 Å². The molecular formula is C16H21FN2O3S. The van der Waals surface area contributed by atoms with Crippen LogP contribution in [0, 0.1) is 5.82 Å². The number of rotatable bonds is 7. The van der Waals surface area contributed by atoms with Gasteiger partial charge in [0.25, 0.3) is 0 Å². The first-order chi connectivity index (χ1) is 11.0. The van der Waals surface area contributed by atoms with E-state index >= 15 is 0 Å². The maximum Gasteiger partial charge on any atom is 0.243 e. The number of halogens is 1. The fraction of sp³-hybridized carbons (Fsp3) is 0.500. The van der Waals surface area contributed by atoms with Gasteiger partial charge in [0, 0.05) is 30.7 Å². The smallest absolute Gasteiger partial charge is 0.243 e.